The molecule has 2 N–H and O–H groups in total. The van der Waals surface area contributed by atoms with E-state index in [1.54, 1.807) is 12.1 Å². The van der Waals surface area contributed by atoms with Crippen molar-refractivity contribution in [3.05, 3.63) is 78.1 Å². The van der Waals surface area contributed by atoms with Gasteiger partial charge in [0.1, 0.15) is 5.75 Å². The highest BCUT2D eigenvalue weighted by molar-refractivity contribution is 7.89. The standard InChI is InChI=1S/C19H20N2O3S/c1-2-24-18-9-5-15(6-10-18)14-17-4-3-13-21(17)16-7-11-19(12-8-16)25(20,22)23/h3-13H,2,14H2,1H3,(H2,20,22,23). The lowest BCUT2D eigenvalue weighted by Crippen LogP contribution is -2.12. The van der Waals surface area contributed by atoms with Gasteiger partial charge in [-0.1, -0.05) is 12.1 Å². The van der Waals surface area contributed by atoms with Gasteiger partial charge < -0.3 is 9.30 Å². The highest BCUT2D eigenvalue weighted by Gasteiger charge is 2.09. The largest absolute Gasteiger partial charge is 0.494 e. The van der Waals surface area contributed by atoms with Gasteiger partial charge in [-0.05, 0) is 61.0 Å². The Hall–Kier alpha value is -2.57. The Bertz CT molecular complexity index is 943. The van der Waals surface area contributed by atoms with Gasteiger partial charge in [-0.2, -0.15) is 0 Å². The molecule has 3 rings (SSSR count). The minimum Gasteiger partial charge on any atom is -0.494 e. The maximum atomic E-state index is 11.4. The molecule has 0 saturated heterocycles. The predicted molar refractivity (Wildman–Crippen MR) is 97.6 cm³/mol. The summed E-state index contributed by atoms with van der Waals surface area (Å²) in [5.41, 5.74) is 3.16. The number of hydrogen-bond acceptors (Lipinski definition) is 3. The second-order valence-electron chi connectivity index (χ2n) is 5.66. The summed E-state index contributed by atoms with van der Waals surface area (Å²) >= 11 is 0. The Morgan fingerprint density at radius 2 is 1.68 bits per heavy atom. The summed E-state index contributed by atoms with van der Waals surface area (Å²) in [6, 6.07) is 18.6. The highest BCUT2D eigenvalue weighted by atomic mass is 32.2. The molecule has 0 bridgehead atoms. The van der Waals surface area contributed by atoms with E-state index < -0.39 is 10.0 Å². The van der Waals surface area contributed by atoms with Crippen molar-refractivity contribution in [3.8, 4) is 11.4 Å². The monoisotopic (exact) mass is 356 g/mol. The smallest absolute Gasteiger partial charge is 0.238 e. The number of primary sulfonamides is 1. The second-order valence-corrected chi connectivity index (χ2v) is 7.22. The van der Waals surface area contributed by atoms with Crippen LogP contribution in [0.3, 0.4) is 0 Å². The molecule has 0 amide bonds. The van der Waals surface area contributed by atoms with Crippen LogP contribution in [-0.4, -0.2) is 19.6 Å². The molecule has 0 fully saturated rings. The topological polar surface area (TPSA) is 74.3 Å². The van der Waals surface area contributed by atoms with Gasteiger partial charge in [-0.15, -0.1) is 0 Å². The van der Waals surface area contributed by atoms with Crippen LogP contribution in [0.5, 0.6) is 5.75 Å². The molecule has 5 nitrogen and oxygen atoms in total. The quantitative estimate of drug-likeness (QED) is 0.737. The lowest BCUT2D eigenvalue weighted by Gasteiger charge is -2.11. The van der Waals surface area contributed by atoms with Crippen molar-refractivity contribution in [2.24, 2.45) is 5.14 Å². The average Bonchev–Trinajstić information content (AvgIpc) is 3.04. The summed E-state index contributed by atoms with van der Waals surface area (Å²) in [4.78, 5) is 0.108. The number of hydrogen-bond donors (Lipinski definition) is 1. The molecular weight excluding hydrogens is 336 g/mol. The second kappa shape index (κ2) is 7.13. The molecule has 0 aliphatic heterocycles. The molecule has 1 aromatic heterocycles. The molecular formula is C19H20N2O3S. The molecule has 0 aliphatic carbocycles. The number of sulfonamides is 1. The van der Waals surface area contributed by atoms with Crippen molar-refractivity contribution >= 4 is 10.0 Å². The van der Waals surface area contributed by atoms with E-state index in [-0.39, 0.29) is 4.90 Å². The Labute approximate surface area is 147 Å². The molecule has 6 heteroatoms. The van der Waals surface area contributed by atoms with Crippen LogP contribution in [0.15, 0.2) is 71.8 Å². The van der Waals surface area contributed by atoms with Crippen molar-refractivity contribution in [2.45, 2.75) is 18.2 Å². The van der Waals surface area contributed by atoms with Crippen molar-refractivity contribution < 1.29 is 13.2 Å². The first kappa shape index (κ1) is 17.3. The summed E-state index contributed by atoms with van der Waals surface area (Å²) in [5.74, 6) is 0.861. The van der Waals surface area contributed by atoms with E-state index in [2.05, 4.69) is 0 Å². The van der Waals surface area contributed by atoms with E-state index in [4.69, 9.17) is 9.88 Å². The lowest BCUT2D eigenvalue weighted by molar-refractivity contribution is 0.340. The summed E-state index contributed by atoms with van der Waals surface area (Å²) in [5, 5.41) is 5.15. The summed E-state index contributed by atoms with van der Waals surface area (Å²) in [7, 11) is -3.68. The number of aromatic nitrogens is 1. The van der Waals surface area contributed by atoms with Crippen LogP contribution in [0.25, 0.3) is 5.69 Å². The Kier molecular flexibility index (Phi) is 4.92. The summed E-state index contributed by atoms with van der Waals surface area (Å²) < 4.78 is 30.2. The number of rotatable bonds is 6. The third-order valence-electron chi connectivity index (χ3n) is 3.90. The van der Waals surface area contributed by atoms with Crippen LogP contribution < -0.4 is 9.88 Å². The van der Waals surface area contributed by atoms with E-state index in [0.29, 0.717) is 6.61 Å². The zero-order valence-electron chi connectivity index (χ0n) is 13.9. The van der Waals surface area contributed by atoms with Crippen molar-refractivity contribution in [3.63, 3.8) is 0 Å². The van der Waals surface area contributed by atoms with Gasteiger partial charge in [-0.3, -0.25) is 0 Å². The molecule has 0 saturated carbocycles. The van der Waals surface area contributed by atoms with Gasteiger partial charge in [0, 0.05) is 24.0 Å². The molecule has 3 aromatic rings. The Morgan fingerprint density at radius 1 is 1.00 bits per heavy atom. The van der Waals surface area contributed by atoms with E-state index in [0.717, 1.165) is 23.6 Å². The van der Waals surface area contributed by atoms with Crippen LogP contribution in [0.4, 0.5) is 0 Å². The van der Waals surface area contributed by atoms with E-state index >= 15 is 0 Å². The highest BCUT2D eigenvalue weighted by Crippen LogP contribution is 2.19. The van der Waals surface area contributed by atoms with Gasteiger partial charge in [0.15, 0.2) is 0 Å². The average molecular weight is 356 g/mol. The lowest BCUT2D eigenvalue weighted by atomic mass is 10.1. The Morgan fingerprint density at radius 3 is 2.28 bits per heavy atom. The molecule has 25 heavy (non-hydrogen) atoms. The fraction of sp³-hybridized carbons (Fsp3) is 0.158. The zero-order chi connectivity index (χ0) is 17.9. The molecule has 0 spiro atoms. The predicted octanol–water partition coefficient (Wildman–Crippen LogP) is 3.11. The van der Waals surface area contributed by atoms with E-state index in [9.17, 15) is 8.42 Å². The third-order valence-corrected chi connectivity index (χ3v) is 4.83. The number of nitrogens with two attached hydrogens (primary N) is 1. The van der Waals surface area contributed by atoms with Gasteiger partial charge in [0.25, 0.3) is 0 Å². The SMILES string of the molecule is CCOc1ccc(Cc2cccn2-c2ccc(S(N)(=O)=O)cc2)cc1. The van der Waals surface area contributed by atoms with Crippen LogP contribution in [-0.2, 0) is 16.4 Å². The van der Waals surface area contributed by atoms with Crippen LogP contribution in [0.2, 0.25) is 0 Å². The van der Waals surface area contributed by atoms with Crippen molar-refractivity contribution in [1.29, 1.82) is 0 Å². The summed E-state index contributed by atoms with van der Waals surface area (Å²) in [6.45, 7) is 2.61. The first-order valence-corrected chi connectivity index (χ1v) is 9.53. The molecule has 0 atom stereocenters. The minimum absolute atomic E-state index is 0.108. The first-order chi connectivity index (χ1) is 12.0. The number of nitrogens with zero attached hydrogens (tertiary/aromatic N) is 1. The molecule has 0 aliphatic rings. The van der Waals surface area contributed by atoms with Gasteiger partial charge in [0.05, 0.1) is 11.5 Å². The van der Waals surface area contributed by atoms with Crippen molar-refractivity contribution in [2.75, 3.05) is 6.61 Å². The van der Waals surface area contributed by atoms with Gasteiger partial charge >= 0.3 is 0 Å². The fourth-order valence-electron chi connectivity index (χ4n) is 2.69. The Balaban J connectivity index is 1.83. The summed E-state index contributed by atoms with van der Waals surface area (Å²) in [6.07, 6.45) is 2.71. The van der Waals surface area contributed by atoms with Crippen molar-refractivity contribution in [1.82, 2.24) is 4.57 Å². The zero-order valence-corrected chi connectivity index (χ0v) is 14.7. The van der Waals surface area contributed by atoms with Crippen LogP contribution >= 0.6 is 0 Å². The molecule has 1 heterocycles. The normalized spacial score (nSPS) is 11.4. The molecule has 2 aromatic carbocycles. The molecule has 0 radical (unpaired) electrons. The van der Waals surface area contributed by atoms with Crippen LogP contribution in [0, 0.1) is 0 Å². The number of benzene rings is 2. The first-order valence-electron chi connectivity index (χ1n) is 7.98. The minimum atomic E-state index is -3.68. The fourth-order valence-corrected chi connectivity index (χ4v) is 3.20. The van der Waals surface area contributed by atoms with E-state index in [1.165, 1.54) is 17.7 Å². The van der Waals surface area contributed by atoms with Crippen LogP contribution in [0.1, 0.15) is 18.2 Å². The molecule has 0 unspecified atom stereocenters. The van der Waals surface area contributed by atoms with E-state index in [1.807, 2.05) is 54.1 Å². The maximum absolute atomic E-state index is 11.4. The van der Waals surface area contributed by atoms with Gasteiger partial charge in [-0.25, -0.2) is 13.6 Å². The molecule has 130 valence electrons. The van der Waals surface area contributed by atoms with Gasteiger partial charge in [0.2, 0.25) is 10.0 Å². The maximum Gasteiger partial charge on any atom is 0.238 e. The third kappa shape index (κ3) is 4.10. The number of ether oxygens (including phenoxy) is 1.